The molecule has 2 aromatic rings. The summed E-state index contributed by atoms with van der Waals surface area (Å²) in [5.74, 6) is -0.809. The van der Waals surface area contributed by atoms with Crippen LogP contribution in [-0.2, 0) is 4.79 Å². The maximum Gasteiger partial charge on any atom is 0.366 e. The molecular formula is C14H10FNO2S. The number of hydrogen-bond donors (Lipinski definition) is 0. The van der Waals surface area contributed by atoms with E-state index in [1.807, 2.05) is 0 Å². The van der Waals surface area contributed by atoms with Crippen molar-refractivity contribution in [3.8, 4) is 0 Å². The third-order valence-corrected chi connectivity index (χ3v) is 2.70. The molecule has 0 saturated carbocycles. The van der Waals surface area contributed by atoms with Crippen LogP contribution in [0.2, 0.25) is 0 Å². The minimum atomic E-state index is -0.809. The van der Waals surface area contributed by atoms with E-state index in [-0.39, 0.29) is 11.9 Å². The lowest BCUT2D eigenvalue weighted by Gasteiger charge is -2.08. The second-order valence-electron chi connectivity index (χ2n) is 3.63. The average molecular weight is 275 g/mol. The summed E-state index contributed by atoms with van der Waals surface area (Å²) in [6.45, 7) is 0. The van der Waals surface area contributed by atoms with Crippen LogP contribution in [-0.4, -0.2) is 10.7 Å². The maximum atomic E-state index is 12.9. The molecule has 0 aliphatic heterocycles. The summed E-state index contributed by atoms with van der Waals surface area (Å²) in [6.07, 6.45) is 1.71. The molecule has 0 unspecified atom stereocenters. The molecule has 3 nitrogen and oxygen atoms in total. The van der Waals surface area contributed by atoms with Crippen LogP contribution in [0.1, 0.15) is 5.56 Å². The lowest BCUT2D eigenvalue weighted by atomic mass is 10.1. The fourth-order valence-electron chi connectivity index (χ4n) is 1.47. The Morgan fingerprint density at radius 3 is 2.47 bits per heavy atom. The third kappa shape index (κ3) is 3.14. The van der Waals surface area contributed by atoms with E-state index in [9.17, 15) is 9.18 Å². The predicted molar refractivity (Wildman–Crippen MR) is 72.4 cm³/mol. The lowest BCUT2D eigenvalue weighted by Crippen LogP contribution is -2.21. The van der Waals surface area contributed by atoms with Crippen LogP contribution in [0.25, 0.3) is 5.57 Å². The van der Waals surface area contributed by atoms with Crippen molar-refractivity contribution >= 4 is 23.8 Å². The number of benzene rings is 1. The van der Waals surface area contributed by atoms with Crippen LogP contribution >= 0.6 is 12.2 Å². The van der Waals surface area contributed by atoms with E-state index in [0.717, 1.165) is 4.73 Å². The van der Waals surface area contributed by atoms with E-state index < -0.39 is 5.97 Å². The fraction of sp³-hybridized carbons (Fsp3) is 0. The van der Waals surface area contributed by atoms with E-state index in [4.69, 9.17) is 17.1 Å². The topological polar surface area (TPSA) is 31.2 Å². The zero-order valence-electron chi connectivity index (χ0n) is 9.82. The van der Waals surface area contributed by atoms with Crippen molar-refractivity contribution in [2.45, 2.75) is 0 Å². The van der Waals surface area contributed by atoms with Gasteiger partial charge >= 0.3 is 5.97 Å². The highest BCUT2D eigenvalue weighted by Gasteiger charge is 2.14. The second kappa shape index (κ2) is 6.06. The molecule has 19 heavy (non-hydrogen) atoms. The van der Waals surface area contributed by atoms with Crippen molar-refractivity contribution in [2.75, 3.05) is 0 Å². The van der Waals surface area contributed by atoms with Crippen molar-refractivity contribution in [1.82, 2.24) is 4.73 Å². The highest BCUT2D eigenvalue weighted by atomic mass is 32.1. The molecule has 0 radical (unpaired) electrons. The van der Waals surface area contributed by atoms with Crippen LogP contribution in [0, 0.1) is 4.64 Å². The first-order chi connectivity index (χ1) is 9.22. The Kier molecular flexibility index (Phi) is 4.20. The fourth-order valence-corrected chi connectivity index (χ4v) is 1.65. The van der Waals surface area contributed by atoms with Crippen molar-refractivity contribution in [1.29, 1.82) is 0 Å². The first-order valence-electron chi connectivity index (χ1n) is 5.48. The van der Waals surface area contributed by atoms with Crippen LogP contribution in [0.15, 0.2) is 61.1 Å². The molecule has 5 heteroatoms. The van der Waals surface area contributed by atoms with E-state index in [1.54, 1.807) is 48.5 Å². The van der Waals surface area contributed by atoms with Gasteiger partial charge in [-0.15, -0.1) is 0 Å². The predicted octanol–water partition coefficient (Wildman–Crippen LogP) is 3.18. The number of carbonyl (C=O) groups excluding carboxylic acids is 1. The lowest BCUT2D eigenvalue weighted by molar-refractivity contribution is -0.137. The van der Waals surface area contributed by atoms with Gasteiger partial charge in [0, 0.05) is 6.20 Å². The third-order valence-electron chi connectivity index (χ3n) is 2.38. The van der Waals surface area contributed by atoms with E-state index >= 15 is 0 Å². The summed E-state index contributed by atoms with van der Waals surface area (Å²) in [5.41, 5.74) is 0.281. The molecule has 2 rings (SSSR count). The van der Waals surface area contributed by atoms with Gasteiger partial charge in [0.2, 0.25) is 0 Å². The van der Waals surface area contributed by atoms with Gasteiger partial charge in [-0.1, -0.05) is 48.6 Å². The van der Waals surface area contributed by atoms with Crippen molar-refractivity contribution in [2.24, 2.45) is 0 Å². The first kappa shape index (κ1) is 13.2. The molecule has 1 heterocycles. The molecular weight excluding hydrogens is 265 g/mol. The largest absolute Gasteiger partial charge is 0.366 e. The Hall–Kier alpha value is -2.27. The summed E-state index contributed by atoms with van der Waals surface area (Å²) >= 11 is 4.98. The Balaban J connectivity index is 2.25. The molecule has 1 aromatic heterocycles. The Labute approximate surface area is 114 Å². The van der Waals surface area contributed by atoms with Crippen LogP contribution in [0.4, 0.5) is 4.39 Å². The first-order valence-corrected chi connectivity index (χ1v) is 5.89. The number of halogens is 1. The highest BCUT2D eigenvalue weighted by Crippen LogP contribution is 2.15. The van der Waals surface area contributed by atoms with E-state index in [0.29, 0.717) is 10.2 Å². The number of rotatable bonds is 3. The monoisotopic (exact) mass is 275 g/mol. The minimum absolute atomic E-state index is 0.161. The Morgan fingerprint density at radius 2 is 1.84 bits per heavy atom. The van der Waals surface area contributed by atoms with Gasteiger partial charge in [-0.2, -0.15) is 4.73 Å². The number of aromatic nitrogens is 1. The van der Waals surface area contributed by atoms with Crippen LogP contribution in [0.5, 0.6) is 0 Å². The normalized spacial score (nSPS) is 11.1. The molecule has 0 atom stereocenters. The van der Waals surface area contributed by atoms with Gasteiger partial charge in [0.25, 0.3) is 0 Å². The van der Waals surface area contributed by atoms with Gasteiger partial charge in [-0.05, 0) is 17.7 Å². The summed E-state index contributed by atoms with van der Waals surface area (Å²) in [5, 5.41) is 0. The summed E-state index contributed by atoms with van der Waals surface area (Å²) in [7, 11) is 0. The summed E-state index contributed by atoms with van der Waals surface area (Å²) < 4.78 is 14.3. The van der Waals surface area contributed by atoms with Crippen LogP contribution in [0.3, 0.4) is 0 Å². The molecule has 0 spiro atoms. The van der Waals surface area contributed by atoms with Gasteiger partial charge in [0.05, 0.1) is 5.57 Å². The number of nitrogens with zero attached hydrogens (tertiary/aromatic N) is 1. The van der Waals surface area contributed by atoms with Crippen molar-refractivity contribution < 1.29 is 14.0 Å². The van der Waals surface area contributed by atoms with Gasteiger partial charge in [0.15, 0.2) is 0 Å². The zero-order valence-corrected chi connectivity index (χ0v) is 10.6. The number of hydrogen-bond acceptors (Lipinski definition) is 3. The molecule has 0 amide bonds. The highest BCUT2D eigenvalue weighted by molar-refractivity contribution is 7.71. The van der Waals surface area contributed by atoms with Gasteiger partial charge in [-0.25, -0.2) is 9.18 Å². The van der Waals surface area contributed by atoms with E-state index in [1.165, 1.54) is 6.20 Å². The molecule has 0 saturated heterocycles. The zero-order chi connectivity index (χ0) is 13.7. The smallest absolute Gasteiger partial charge is 0.330 e. The molecule has 0 aliphatic rings. The average Bonchev–Trinajstić information content (AvgIpc) is 2.43. The quantitative estimate of drug-likeness (QED) is 0.637. The molecule has 1 aromatic carbocycles. The minimum Gasteiger partial charge on any atom is -0.330 e. The molecule has 0 aliphatic carbocycles. The molecule has 0 bridgehead atoms. The van der Waals surface area contributed by atoms with Crippen molar-refractivity contribution in [3.05, 3.63) is 71.3 Å². The second-order valence-corrected chi connectivity index (χ2v) is 4.05. The van der Waals surface area contributed by atoms with Gasteiger partial charge < -0.3 is 4.84 Å². The molecule has 96 valence electrons. The Bertz CT molecular complexity index is 664. The number of pyridine rings is 1. The maximum absolute atomic E-state index is 12.9. The Morgan fingerprint density at radius 1 is 1.16 bits per heavy atom. The summed E-state index contributed by atoms with van der Waals surface area (Å²) in [4.78, 5) is 16.9. The van der Waals surface area contributed by atoms with E-state index in [2.05, 4.69) is 0 Å². The molecule has 0 N–H and O–H groups in total. The molecule has 0 fully saturated rings. The number of carbonyl (C=O) groups is 1. The van der Waals surface area contributed by atoms with Gasteiger partial charge in [-0.3, -0.25) is 0 Å². The SMILES string of the molecule is O=C(On1ccccc1=S)/C(=C/F)c1ccccc1. The van der Waals surface area contributed by atoms with Crippen LogP contribution < -0.4 is 4.84 Å². The summed E-state index contributed by atoms with van der Waals surface area (Å²) in [6, 6.07) is 13.4. The van der Waals surface area contributed by atoms with Crippen molar-refractivity contribution in [3.63, 3.8) is 0 Å². The standard InChI is InChI=1S/C14H10FNO2S/c15-10-12(11-6-2-1-3-7-11)14(17)18-16-9-5-4-8-13(16)19/h1-10H/b12-10+. The van der Waals surface area contributed by atoms with Gasteiger partial charge in [0.1, 0.15) is 11.0 Å².